The van der Waals surface area contributed by atoms with Gasteiger partial charge in [0.15, 0.2) is 5.96 Å². The number of nitrogens with two attached hydrogens (primary N) is 2. The van der Waals surface area contributed by atoms with E-state index in [0.29, 0.717) is 6.54 Å². The molecule has 4 N–H and O–H groups in total. The van der Waals surface area contributed by atoms with Crippen molar-refractivity contribution in [2.45, 2.75) is 37.5 Å². The number of aliphatic imine (C=N–C) groups is 1. The minimum atomic E-state index is 0. The van der Waals surface area contributed by atoms with Gasteiger partial charge in [-0.15, -0.1) is 24.0 Å². The maximum Gasteiger partial charge on any atom is 0.185 e. The fraction of sp³-hybridized carbons (Fsp3) is 0.500. The second-order valence-electron chi connectivity index (χ2n) is 5.09. The van der Waals surface area contributed by atoms with Gasteiger partial charge in [0.2, 0.25) is 0 Å². The molecule has 5 heteroatoms. The van der Waals surface area contributed by atoms with E-state index < -0.39 is 0 Å². The monoisotopic (exact) mass is 393 g/mol. The number of hydrogen-bond acceptors (Lipinski definition) is 1. The molecule has 0 aliphatic heterocycles. The first-order chi connectivity index (χ1) is 8.62. The predicted molar refractivity (Wildman–Crippen MR) is 92.3 cm³/mol. The molecule has 0 spiro atoms. The van der Waals surface area contributed by atoms with Crippen LogP contribution in [-0.2, 0) is 5.41 Å². The first-order valence-electron chi connectivity index (χ1n) is 6.44. The van der Waals surface area contributed by atoms with Crippen molar-refractivity contribution in [2.75, 3.05) is 6.54 Å². The summed E-state index contributed by atoms with van der Waals surface area (Å²) in [5.41, 5.74) is 12.3. The topological polar surface area (TPSA) is 64.4 Å². The van der Waals surface area contributed by atoms with Gasteiger partial charge in [-0.25, -0.2) is 0 Å². The zero-order chi connectivity index (χ0) is 13.0. The highest BCUT2D eigenvalue weighted by Gasteiger charge is 2.33. The Morgan fingerprint density at radius 3 is 2.21 bits per heavy atom. The zero-order valence-electron chi connectivity index (χ0n) is 10.9. The lowest BCUT2D eigenvalue weighted by Crippen LogP contribution is -2.34. The number of nitrogens with zero attached hydrogens (tertiary/aromatic N) is 1. The Morgan fingerprint density at radius 1 is 1.11 bits per heavy atom. The zero-order valence-corrected chi connectivity index (χ0v) is 14.0. The molecule has 0 aromatic heterocycles. The molecule has 19 heavy (non-hydrogen) atoms. The number of benzene rings is 1. The molecule has 1 aromatic rings. The minimum Gasteiger partial charge on any atom is -0.370 e. The number of halogens is 2. The summed E-state index contributed by atoms with van der Waals surface area (Å²) in [5, 5.41) is 0.770. The van der Waals surface area contributed by atoms with Gasteiger partial charge in [0.05, 0.1) is 6.54 Å². The Labute approximate surface area is 136 Å². The Balaban J connectivity index is 0.00000180. The quantitative estimate of drug-likeness (QED) is 0.469. The molecule has 0 unspecified atom stereocenters. The van der Waals surface area contributed by atoms with Crippen LogP contribution < -0.4 is 11.5 Å². The van der Waals surface area contributed by atoms with Gasteiger partial charge in [-0.3, -0.25) is 4.99 Å². The van der Waals surface area contributed by atoms with E-state index in [9.17, 15) is 0 Å². The van der Waals surface area contributed by atoms with E-state index in [1.54, 1.807) is 0 Å². The van der Waals surface area contributed by atoms with Gasteiger partial charge in [0, 0.05) is 10.4 Å². The second-order valence-corrected chi connectivity index (χ2v) is 5.53. The van der Waals surface area contributed by atoms with Crippen LogP contribution in [-0.4, -0.2) is 12.5 Å². The molecule has 1 aliphatic rings. The average molecular weight is 394 g/mol. The predicted octanol–water partition coefficient (Wildman–Crippen LogP) is 3.43. The summed E-state index contributed by atoms with van der Waals surface area (Å²) in [4.78, 5) is 4.26. The largest absolute Gasteiger partial charge is 0.370 e. The van der Waals surface area contributed by atoms with E-state index in [2.05, 4.69) is 17.1 Å². The number of hydrogen-bond donors (Lipinski definition) is 2. The van der Waals surface area contributed by atoms with Crippen molar-refractivity contribution in [3.63, 3.8) is 0 Å². The second kappa shape index (κ2) is 7.33. The summed E-state index contributed by atoms with van der Waals surface area (Å²) >= 11 is 5.96. The fourth-order valence-corrected chi connectivity index (χ4v) is 2.94. The van der Waals surface area contributed by atoms with E-state index in [1.807, 2.05) is 12.1 Å². The lowest BCUT2D eigenvalue weighted by Gasteiger charge is -2.36. The third-order valence-electron chi connectivity index (χ3n) is 3.83. The van der Waals surface area contributed by atoms with Gasteiger partial charge in [0.1, 0.15) is 0 Å². The van der Waals surface area contributed by atoms with Crippen LogP contribution >= 0.6 is 35.6 Å². The molecule has 1 saturated carbocycles. The summed E-state index contributed by atoms with van der Waals surface area (Å²) < 4.78 is 0. The van der Waals surface area contributed by atoms with E-state index in [-0.39, 0.29) is 35.4 Å². The first kappa shape index (κ1) is 16.6. The Bertz CT molecular complexity index is 421. The van der Waals surface area contributed by atoms with Crippen LogP contribution in [0.4, 0.5) is 0 Å². The van der Waals surface area contributed by atoms with Crippen molar-refractivity contribution in [3.8, 4) is 0 Å². The third kappa shape index (κ3) is 4.24. The number of guanidine groups is 1. The van der Waals surface area contributed by atoms with Gasteiger partial charge in [-0.05, 0) is 30.5 Å². The van der Waals surface area contributed by atoms with Gasteiger partial charge >= 0.3 is 0 Å². The molecule has 0 saturated heterocycles. The van der Waals surface area contributed by atoms with Crippen LogP contribution in [0.2, 0.25) is 5.02 Å². The molecule has 1 fully saturated rings. The van der Waals surface area contributed by atoms with Crippen LogP contribution in [0.25, 0.3) is 0 Å². The molecular formula is C14H21ClIN3. The molecule has 1 aromatic carbocycles. The maximum atomic E-state index is 5.96. The maximum absolute atomic E-state index is 5.96. The molecule has 0 radical (unpaired) electrons. The van der Waals surface area contributed by atoms with Gasteiger partial charge < -0.3 is 11.5 Å². The van der Waals surface area contributed by atoms with E-state index in [4.69, 9.17) is 23.1 Å². The van der Waals surface area contributed by atoms with Crippen LogP contribution in [0, 0.1) is 0 Å². The summed E-state index contributed by atoms with van der Waals surface area (Å²) in [6, 6.07) is 8.11. The highest BCUT2D eigenvalue weighted by molar-refractivity contribution is 14.0. The Hall–Kier alpha value is -0.490. The SMILES string of the molecule is I.NC(N)=NCC1(c2ccc(Cl)cc2)CCCCC1. The molecule has 3 nitrogen and oxygen atoms in total. The van der Waals surface area contributed by atoms with Crippen LogP contribution in [0.3, 0.4) is 0 Å². The highest BCUT2D eigenvalue weighted by Crippen LogP contribution is 2.40. The van der Waals surface area contributed by atoms with Crippen molar-refractivity contribution >= 4 is 41.5 Å². The van der Waals surface area contributed by atoms with Gasteiger partial charge in [-0.1, -0.05) is 43.0 Å². The molecule has 0 heterocycles. The standard InChI is InChI=1S/C14H20ClN3.HI/c15-12-6-4-11(5-7-12)14(10-18-13(16)17)8-2-1-3-9-14;/h4-7H,1-3,8-10H2,(H4,16,17,18);1H. The van der Waals surface area contributed by atoms with E-state index >= 15 is 0 Å². The van der Waals surface area contributed by atoms with Gasteiger partial charge in [0.25, 0.3) is 0 Å². The van der Waals surface area contributed by atoms with Crippen molar-refractivity contribution in [1.29, 1.82) is 0 Å². The van der Waals surface area contributed by atoms with E-state index in [1.165, 1.54) is 24.8 Å². The summed E-state index contributed by atoms with van der Waals surface area (Å²) in [5.74, 6) is 0.175. The van der Waals surface area contributed by atoms with Crippen molar-refractivity contribution in [2.24, 2.45) is 16.5 Å². The molecule has 106 valence electrons. The van der Waals surface area contributed by atoms with Gasteiger partial charge in [-0.2, -0.15) is 0 Å². The normalized spacial score (nSPS) is 17.3. The van der Waals surface area contributed by atoms with Crippen LogP contribution in [0.15, 0.2) is 29.3 Å². The lowest BCUT2D eigenvalue weighted by molar-refractivity contribution is 0.301. The molecular weight excluding hydrogens is 373 g/mol. The van der Waals surface area contributed by atoms with Crippen molar-refractivity contribution < 1.29 is 0 Å². The summed E-state index contributed by atoms with van der Waals surface area (Å²) in [6.07, 6.45) is 6.07. The van der Waals surface area contributed by atoms with Crippen molar-refractivity contribution in [1.82, 2.24) is 0 Å². The molecule has 0 atom stereocenters. The van der Waals surface area contributed by atoms with Crippen LogP contribution in [0.1, 0.15) is 37.7 Å². The lowest BCUT2D eigenvalue weighted by atomic mass is 9.69. The summed E-state index contributed by atoms with van der Waals surface area (Å²) in [7, 11) is 0. The average Bonchev–Trinajstić information content (AvgIpc) is 2.38. The number of rotatable bonds is 3. The smallest absolute Gasteiger partial charge is 0.185 e. The molecule has 1 aliphatic carbocycles. The minimum absolute atomic E-state index is 0. The molecule has 2 rings (SSSR count). The highest BCUT2D eigenvalue weighted by atomic mass is 127. The Kier molecular flexibility index (Phi) is 6.39. The first-order valence-corrected chi connectivity index (χ1v) is 6.82. The molecule has 0 amide bonds. The fourth-order valence-electron chi connectivity index (χ4n) is 2.81. The van der Waals surface area contributed by atoms with Crippen LogP contribution in [0.5, 0.6) is 0 Å². The Morgan fingerprint density at radius 2 is 1.68 bits per heavy atom. The third-order valence-corrected chi connectivity index (χ3v) is 4.08. The van der Waals surface area contributed by atoms with Crippen molar-refractivity contribution in [3.05, 3.63) is 34.9 Å². The summed E-state index contributed by atoms with van der Waals surface area (Å²) in [6.45, 7) is 0.678. The molecule has 0 bridgehead atoms. The van der Waals surface area contributed by atoms with E-state index in [0.717, 1.165) is 17.9 Å².